The molecule has 3 heterocycles. The maximum Gasteiger partial charge on any atom is 0.249 e. The van der Waals surface area contributed by atoms with Gasteiger partial charge in [0.1, 0.15) is 11.8 Å². The average Bonchev–Trinajstić information content (AvgIpc) is 3.02. The van der Waals surface area contributed by atoms with Crippen molar-refractivity contribution in [3.8, 4) is 5.75 Å². The molecule has 1 aromatic heterocycles. The first-order valence-electron chi connectivity index (χ1n) is 10.3. The summed E-state index contributed by atoms with van der Waals surface area (Å²) in [6, 6.07) is 4.12. The molecule has 5 rings (SSSR count). The van der Waals surface area contributed by atoms with Crippen LogP contribution in [-0.4, -0.2) is 47.3 Å². The van der Waals surface area contributed by atoms with Crippen molar-refractivity contribution in [2.45, 2.75) is 57.6 Å². The fourth-order valence-electron chi connectivity index (χ4n) is 5.07. The number of carbonyl (C=O) groups excluding carboxylic acids is 1. The van der Waals surface area contributed by atoms with Crippen LogP contribution in [0.1, 0.15) is 53.7 Å². The monoisotopic (exact) mass is 397 g/mol. The molecule has 1 spiro atoms. The molecule has 7 nitrogen and oxygen atoms in total. The van der Waals surface area contributed by atoms with Gasteiger partial charge in [-0.2, -0.15) is 4.98 Å². The van der Waals surface area contributed by atoms with Crippen LogP contribution >= 0.6 is 0 Å². The molecule has 4 atom stereocenters. The Morgan fingerprint density at radius 1 is 1.28 bits per heavy atom. The largest absolute Gasteiger partial charge is 0.493 e. The van der Waals surface area contributed by atoms with Gasteiger partial charge in [0, 0.05) is 37.0 Å². The minimum atomic E-state index is -0.217. The summed E-state index contributed by atoms with van der Waals surface area (Å²) >= 11 is 0. The number of aromatic nitrogens is 2. The lowest BCUT2D eigenvalue weighted by Crippen LogP contribution is -2.36. The molecule has 1 saturated carbocycles. The first-order valence-corrected chi connectivity index (χ1v) is 10.3. The lowest BCUT2D eigenvalue weighted by molar-refractivity contribution is -0.135. The molecule has 0 unspecified atom stereocenters. The van der Waals surface area contributed by atoms with Gasteiger partial charge in [-0.15, -0.1) is 0 Å². The molecule has 3 aliphatic rings. The number of ether oxygens (including phenoxy) is 2. The Hall–Kier alpha value is -2.41. The predicted octanol–water partition coefficient (Wildman–Crippen LogP) is 3.02. The Kier molecular flexibility index (Phi) is 4.21. The number of nitrogens with zero attached hydrogens (tertiary/aromatic N) is 3. The molecular weight excluding hydrogens is 370 g/mol. The van der Waals surface area contributed by atoms with Crippen molar-refractivity contribution in [2.24, 2.45) is 5.92 Å². The van der Waals surface area contributed by atoms with E-state index in [0.717, 1.165) is 18.6 Å². The van der Waals surface area contributed by atoms with E-state index in [2.05, 4.69) is 36.1 Å². The molecule has 154 valence electrons. The number of likely N-dealkylation sites (tertiary alicyclic amines) is 1. The van der Waals surface area contributed by atoms with Gasteiger partial charge < -0.3 is 18.9 Å². The number of benzene rings is 1. The van der Waals surface area contributed by atoms with Crippen LogP contribution in [0.4, 0.5) is 0 Å². The Morgan fingerprint density at radius 3 is 2.79 bits per heavy atom. The van der Waals surface area contributed by atoms with Crippen LogP contribution in [0, 0.1) is 26.7 Å². The van der Waals surface area contributed by atoms with Gasteiger partial charge in [-0.3, -0.25) is 4.79 Å². The molecule has 1 aliphatic carbocycles. The molecule has 0 radical (unpaired) electrons. The Bertz CT molecular complexity index is 971. The Balaban J connectivity index is 1.44. The normalized spacial score (nSPS) is 30.3. The summed E-state index contributed by atoms with van der Waals surface area (Å²) in [5.41, 5.74) is 3.55. The summed E-state index contributed by atoms with van der Waals surface area (Å²) in [5.74, 6) is 2.16. The van der Waals surface area contributed by atoms with E-state index in [1.807, 2.05) is 4.90 Å². The zero-order valence-electron chi connectivity index (χ0n) is 17.4. The minimum Gasteiger partial charge on any atom is -0.493 e. The topological polar surface area (TPSA) is 77.7 Å². The molecule has 0 bridgehead atoms. The molecule has 1 aromatic carbocycles. The van der Waals surface area contributed by atoms with Crippen molar-refractivity contribution in [2.75, 3.05) is 20.3 Å². The quantitative estimate of drug-likeness (QED) is 0.792. The first-order chi connectivity index (χ1) is 13.9. The lowest BCUT2D eigenvalue weighted by Gasteiger charge is -2.29. The van der Waals surface area contributed by atoms with Crippen LogP contribution in [0.25, 0.3) is 0 Å². The van der Waals surface area contributed by atoms with Gasteiger partial charge in [-0.1, -0.05) is 11.2 Å². The zero-order valence-corrected chi connectivity index (χ0v) is 17.4. The second kappa shape index (κ2) is 6.55. The number of hydrogen-bond donors (Lipinski definition) is 0. The van der Waals surface area contributed by atoms with E-state index in [1.165, 1.54) is 16.7 Å². The van der Waals surface area contributed by atoms with E-state index < -0.39 is 0 Å². The number of aryl methyl sites for hydroxylation is 3. The van der Waals surface area contributed by atoms with E-state index in [0.29, 0.717) is 31.3 Å². The number of hydrogen-bond acceptors (Lipinski definition) is 6. The maximum absolute atomic E-state index is 13.6. The van der Waals surface area contributed by atoms with Crippen molar-refractivity contribution < 1.29 is 18.8 Å². The van der Waals surface area contributed by atoms with E-state index in [4.69, 9.17) is 14.0 Å². The van der Waals surface area contributed by atoms with Gasteiger partial charge in [-0.05, 0) is 50.8 Å². The minimum absolute atomic E-state index is 0.0160. The fraction of sp³-hybridized carbons (Fsp3) is 0.591. The molecular formula is C22H27N3O4. The molecule has 2 aromatic rings. The Labute approximate surface area is 170 Å². The van der Waals surface area contributed by atoms with Crippen LogP contribution < -0.4 is 4.74 Å². The average molecular weight is 397 g/mol. The summed E-state index contributed by atoms with van der Waals surface area (Å²) in [7, 11) is 1.69. The van der Waals surface area contributed by atoms with Crippen molar-refractivity contribution in [3.05, 3.63) is 40.5 Å². The first kappa shape index (κ1) is 18.6. The highest BCUT2D eigenvalue weighted by molar-refractivity contribution is 5.85. The van der Waals surface area contributed by atoms with Gasteiger partial charge in [0.05, 0.1) is 12.7 Å². The van der Waals surface area contributed by atoms with E-state index >= 15 is 0 Å². The van der Waals surface area contributed by atoms with Crippen LogP contribution in [0.2, 0.25) is 0 Å². The number of methoxy groups -OCH3 is 1. The predicted molar refractivity (Wildman–Crippen MR) is 105 cm³/mol. The number of rotatable bonds is 3. The summed E-state index contributed by atoms with van der Waals surface area (Å²) in [6.07, 6.45) is 2.42. The van der Waals surface area contributed by atoms with E-state index in [9.17, 15) is 4.79 Å². The highest BCUT2D eigenvalue weighted by atomic mass is 16.5. The van der Waals surface area contributed by atoms with Crippen LogP contribution in [0.5, 0.6) is 5.75 Å². The smallest absolute Gasteiger partial charge is 0.249 e. The van der Waals surface area contributed by atoms with Gasteiger partial charge in [0.25, 0.3) is 0 Å². The van der Waals surface area contributed by atoms with Crippen molar-refractivity contribution in [1.82, 2.24) is 15.0 Å². The fourth-order valence-corrected chi connectivity index (χ4v) is 5.07. The Morgan fingerprint density at radius 2 is 2.07 bits per heavy atom. The molecule has 2 fully saturated rings. The summed E-state index contributed by atoms with van der Waals surface area (Å²) in [6.45, 7) is 7.23. The second-order valence-corrected chi connectivity index (χ2v) is 8.72. The van der Waals surface area contributed by atoms with Gasteiger partial charge in [-0.25, -0.2) is 0 Å². The second-order valence-electron chi connectivity index (χ2n) is 8.72. The third-order valence-electron chi connectivity index (χ3n) is 7.02. The van der Waals surface area contributed by atoms with Crippen LogP contribution in [0.15, 0.2) is 16.7 Å². The molecule has 1 saturated heterocycles. The molecule has 1 amide bonds. The summed E-state index contributed by atoms with van der Waals surface area (Å²) < 4.78 is 16.9. The highest BCUT2D eigenvalue weighted by Crippen LogP contribution is 2.62. The lowest BCUT2D eigenvalue weighted by atomic mass is 9.85. The van der Waals surface area contributed by atoms with E-state index in [1.54, 1.807) is 14.0 Å². The van der Waals surface area contributed by atoms with Crippen molar-refractivity contribution in [1.29, 1.82) is 0 Å². The molecule has 0 N–H and O–H groups in total. The standard InChI is InChI=1S/C22H27N3O4/c1-12-7-16-19(8-13(12)2)28-6-5-22(16)10-17(22)21(26)25-11-15(27-4)9-18(25)20-23-14(3)24-29-20/h7-8,15,17-18H,5-6,9-11H2,1-4H3/t15-,17-,18+,22-/m0/s1. The maximum atomic E-state index is 13.6. The number of fused-ring (bicyclic) bond motifs is 2. The van der Waals surface area contributed by atoms with E-state index in [-0.39, 0.29) is 29.4 Å². The van der Waals surface area contributed by atoms with Crippen molar-refractivity contribution in [3.63, 3.8) is 0 Å². The third kappa shape index (κ3) is 2.86. The SMILES string of the molecule is CO[C@H]1C[C@H](c2nc(C)no2)N(C(=O)[C@@H]2C[C@]23CCOc2cc(C)c(C)cc23)C1. The third-order valence-corrected chi connectivity index (χ3v) is 7.02. The number of amides is 1. The van der Waals surface area contributed by atoms with Crippen molar-refractivity contribution >= 4 is 5.91 Å². The van der Waals surface area contributed by atoms with Crippen LogP contribution in [0.3, 0.4) is 0 Å². The zero-order chi connectivity index (χ0) is 20.3. The van der Waals surface area contributed by atoms with Gasteiger partial charge in [0.2, 0.25) is 11.8 Å². The van der Waals surface area contributed by atoms with Crippen LogP contribution in [-0.2, 0) is 14.9 Å². The van der Waals surface area contributed by atoms with Gasteiger partial charge in [0.15, 0.2) is 5.82 Å². The number of carbonyl (C=O) groups is 1. The van der Waals surface area contributed by atoms with Gasteiger partial charge >= 0.3 is 0 Å². The molecule has 2 aliphatic heterocycles. The highest BCUT2D eigenvalue weighted by Gasteiger charge is 2.63. The summed E-state index contributed by atoms with van der Waals surface area (Å²) in [4.78, 5) is 19.9. The molecule has 7 heteroatoms. The summed E-state index contributed by atoms with van der Waals surface area (Å²) in [5, 5.41) is 3.92. The molecule has 29 heavy (non-hydrogen) atoms.